The lowest BCUT2D eigenvalue weighted by Gasteiger charge is -2.13. The van der Waals surface area contributed by atoms with Crippen LogP contribution in [0.1, 0.15) is 13.8 Å². The summed E-state index contributed by atoms with van der Waals surface area (Å²) in [4.78, 5) is 8.35. The Hall–Kier alpha value is -0.483. The monoisotopic (exact) mass is 177 g/mol. The standard InChI is InChI=1S/C5H14O2Si.CHNO/c1-5(2)8(6-3)7-4;2-1-3/h5,8H,1-4H3;2H. The molecule has 0 heterocycles. The average Bonchev–Trinajstić information content (AvgIpc) is 1.91. The predicted molar refractivity (Wildman–Crippen MR) is 44.7 cm³/mol. The quantitative estimate of drug-likeness (QED) is 0.394. The number of rotatable bonds is 3. The minimum Gasteiger partial charge on any atom is -0.400 e. The summed E-state index contributed by atoms with van der Waals surface area (Å²) in [5.41, 5.74) is 0.574. The molecule has 1 N–H and O–H groups in total. The maximum Gasteiger partial charge on any atom is 0.323 e. The van der Waals surface area contributed by atoms with Crippen molar-refractivity contribution in [1.82, 2.24) is 0 Å². The van der Waals surface area contributed by atoms with Crippen LogP contribution in [0.4, 0.5) is 0 Å². The molecule has 0 saturated heterocycles. The van der Waals surface area contributed by atoms with Crippen molar-refractivity contribution in [1.29, 1.82) is 5.41 Å². The molecular weight excluding hydrogens is 162 g/mol. The fourth-order valence-electron chi connectivity index (χ4n) is 0.641. The van der Waals surface area contributed by atoms with E-state index in [2.05, 4.69) is 13.8 Å². The van der Waals surface area contributed by atoms with Gasteiger partial charge in [-0.05, 0) is 5.54 Å². The van der Waals surface area contributed by atoms with E-state index >= 15 is 0 Å². The Morgan fingerprint density at radius 2 is 1.64 bits per heavy atom. The van der Waals surface area contributed by atoms with Gasteiger partial charge in [0.05, 0.1) is 0 Å². The lowest BCUT2D eigenvalue weighted by atomic mass is 10.6. The van der Waals surface area contributed by atoms with E-state index in [0.717, 1.165) is 6.08 Å². The van der Waals surface area contributed by atoms with E-state index in [4.69, 9.17) is 19.1 Å². The zero-order valence-corrected chi connectivity index (χ0v) is 8.53. The third kappa shape index (κ3) is 9.52. The molecule has 0 aromatic carbocycles. The Labute approximate surface area is 68.9 Å². The second-order valence-corrected chi connectivity index (χ2v) is 5.20. The van der Waals surface area contributed by atoms with E-state index in [9.17, 15) is 0 Å². The van der Waals surface area contributed by atoms with Gasteiger partial charge in [0.25, 0.3) is 0 Å². The van der Waals surface area contributed by atoms with Gasteiger partial charge in [0.2, 0.25) is 6.08 Å². The first-order valence-electron chi connectivity index (χ1n) is 3.23. The van der Waals surface area contributed by atoms with Gasteiger partial charge in [-0.15, -0.1) is 0 Å². The highest BCUT2D eigenvalue weighted by molar-refractivity contribution is 6.45. The van der Waals surface area contributed by atoms with Crippen LogP contribution in [0.5, 0.6) is 0 Å². The van der Waals surface area contributed by atoms with Crippen molar-refractivity contribution in [3.63, 3.8) is 0 Å². The molecule has 0 saturated carbocycles. The average molecular weight is 177 g/mol. The molecule has 5 heteroatoms. The van der Waals surface area contributed by atoms with Gasteiger partial charge in [-0.3, -0.25) is 0 Å². The molecule has 0 rings (SSSR count). The maximum absolute atomic E-state index is 8.35. The Bertz CT molecular complexity index is 108. The summed E-state index contributed by atoms with van der Waals surface area (Å²) in [5, 5.41) is 5.40. The SMILES string of the molecule is CO[SiH](OC)C(C)C.N=C=O. The van der Waals surface area contributed by atoms with E-state index in [1.165, 1.54) is 0 Å². The van der Waals surface area contributed by atoms with E-state index < -0.39 is 9.28 Å². The molecule has 0 radical (unpaired) electrons. The van der Waals surface area contributed by atoms with E-state index in [1.54, 1.807) is 14.2 Å². The zero-order chi connectivity index (χ0) is 9.28. The lowest BCUT2D eigenvalue weighted by Crippen LogP contribution is -2.22. The number of nitrogens with one attached hydrogen (secondary N) is 1. The number of hydrogen-bond donors (Lipinski definition) is 1. The maximum atomic E-state index is 8.35. The van der Waals surface area contributed by atoms with Crippen LogP contribution < -0.4 is 0 Å². The molecule has 11 heavy (non-hydrogen) atoms. The summed E-state index contributed by atoms with van der Waals surface area (Å²) in [7, 11) is 2.15. The molecular formula is C6H15NO3Si. The predicted octanol–water partition coefficient (Wildman–Crippen LogP) is 0.811. The summed E-state index contributed by atoms with van der Waals surface area (Å²) < 4.78 is 10.2. The summed E-state index contributed by atoms with van der Waals surface area (Å²) in [6.45, 7) is 4.23. The Balaban J connectivity index is 0. The Morgan fingerprint density at radius 3 is 1.64 bits per heavy atom. The first-order chi connectivity index (χ1) is 5.13. The molecule has 0 aliphatic heterocycles. The Kier molecular flexibility index (Phi) is 11.4. The normalized spacial score (nSPS) is 8.91. The molecule has 0 spiro atoms. The number of hydrogen-bond acceptors (Lipinski definition) is 4. The minimum absolute atomic E-state index is 0.574. The topological polar surface area (TPSA) is 59.4 Å². The van der Waals surface area contributed by atoms with Crippen LogP contribution in [0.3, 0.4) is 0 Å². The number of carbonyl (C=O) groups excluding carboxylic acids is 1. The molecule has 66 valence electrons. The van der Waals surface area contributed by atoms with Gasteiger partial charge in [-0.25, -0.2) is 10.2 Å². The Morgan fingerprint density at radius 1 is 1.36 bits per heavy atom. The van der Waals surface area contributed by atoms with Crippen LogP contribution in [-0.2, 0) is 13.6 Å². The van der Waals surface area contributed by atoms with Gasteiger partial charge in [-0.2, -0.15) is 0 Å². The van der Waals surface area contributed by atoms with E-state index in [-0.39, 0.29) is 0 Å². The first-order valence-corrected chi connectivity index (χ1v) is 4.84. The number of isocyanates is 1. The van der Waals surface area contributed by atoms with Gasteiger partial charge in [0.1, 0.15) is 0 Å². The van der Waals surface area contributed by atoms with Gasteiger partial charge in [-0.1, -0.05) is 13.8 Å². The van der Waals surface area contributed by atoms with Gasteiger partial charge in [0, 0.05) is 14.2 Å². The van der Waals surface area contributed by atoms with Crippen molar-refractivity contribution in [3.8, 4) is 0 Å². The second kappa shape index (κ2) is 9.52. The highest BCUT2D eigenvalue weighted by Gasteiger charge is 2.13. The summed E-state index contributed by atoms with van der Waals surface area (Å²) in [6.07, 6.45) is 0.750. The largest absolute Gasteiger partial charge is 0.400 e. The molecule has 0 aromatic rings. The van der Waals surface area contributed by atoms with Crippen molar-refractivity contribution in [2.24, 2.45) is 0 Å². The fourth-order valence-corrected chi connectivity index (χ4v) is 1.92. The zero-order valence-electron chi connectivity index (χ0n) is 7.38. The highest BCUT2D eigenvalue weighted by atomic mass is 28.3. The van der Waals surface area contributed by atoms with E-state index in [1.807, 2.05) is 0 Å². The highest BCUT2D eigenvalue weighted by Crippen LogP contribution is 2.06. The summed E-state index contributed by atoms with van der Waals surface area (Å²) >= 11 is 0. The smallest absolute Gasteiger partial charge is 0.323 e. The molecule has 0 aromatic heterocycles. The third-order valence-electron chi connectivity index (χ3n) is 1.01. The lowest BCUT2D eigenvalue weighted by molar-refractivity contribution is 0.269. The van der Waals surface area contributed by atoms with Crippen molar-refractivity contribution in [2.75, 3.05) is 14.2 Å². The van der Waals surface area contributed by atoms with Gasteiger partial charge >= 0.3 is 9.28 Å². The van der Waals surface area contributed by atoms with E-state index in [0.29, 0.717) is 5.54 Å². The fraction of sp³-hybridized carbons (Fsp3) is 0.833. The van der Waals surface area contributed by atoms with Crippen LogP contribution in [0.2, 0.25) is 5.54 Å². The van der Waals surface area contributed by atoms with Crippen LogP contribution in [0.15, 0.2) is 0 Å². The van der Waals surface area contributed by atoms with Crippen LogP contribution in [0, 0.1) is 5.41 Å². The minimum atomic E-state index is -1.27. The molecule has 4 nitrogen and oxygen atoms in total. The summed E-state index contributed by atoms with van der Waals surface area (Å²) in [6, 6.07) is 0. The summed E-state index contributed by atoms with van der Waals surface area (Å²) in [5.74, 6) is 0. The molecule has 0 unspecified atom stereocenters. The molecule has 0 aliphatic carbocycles. The molecule has 0 amide bonds. The first kappa shape index (κ1) is 13.1. The van der Waals surface area contributed by atoms with Crippen molar-refractivity contribution in [2.45, 2.75) is 19.4 Å². The van der Waals surface area contributed by atoms with Crippen molar-refractivity contribution >= 4 is 15.4 Å². The third-order valence-corrected chi connectivity index (χ3v) is 3.03. The van der Waals surface area contributed by atoms with Crippen molar-refractivity contribution < 1.29 is 13.6 Å². The van der Waals surface area contributed by atoms with Crippen LogP contribution >= 0.6 is 0 Å². The van der Waals surface area contributed by atoms with Crippen LogP contribution in [-0.4, -0.2) is 29.6 Å². The molecule has 0 fully saturated rings. The van der Waals surface area contributed by atoms with Gasteiger partial charge < -0.3 is 8.85 Å². The molecule has 0 aliphatic rings. The molecule has 0 atom stereocenters. The van der Waals surface area contributed by atoms with Gasteiger partial charge in [0.15, 0.2) is 0 Å². The molecule has 0 bridgehead atoms. The second-order valence-electron chi connectivity index (χ2n) is 2.19. The van der Waals surface area contributed by atoms with Crippen LogP contribution in [0.25, 0.3) is 0 Å². The van der Waals surface area contributed by atoms with Crippen molar-refractivity contribution in [3.05, 3.63) is 0 Å².